The standard InChI is InChI=1S/C26H26BrN3O2/c27-23-11-4-7-19(15-23)17-28-25(31)21-9-5-8-20(16-21)22-10-6-14-30(18-22)26(32)29-24-12-2-1-3-13-24/h1-5,7-9,11-13,15-16,22H,6,10,14,17-18H2,(H,28,31)(H,29,32)/t22-/m1/s1. The largest absolute Gasteiger partial charge is 0.348 e. The van der Waals surface area contributed by atoms with Gasteiger partial charge in [-0.1, -0.05) is 58.4 Å². The lowest BCUT2D eigenvalue weighted by atomic mass is 9.89. The number of amides is 3. The average Bonchev–Trinajstić information content (AvgIpc) is 2.83. The Labute approximate surface area is 197 Å². The first kappa shape index (κ1) is 22.1. The van der Waals surface area contributed by atoms with Gasteiger partial charge in [0.1, 0.15) is 0 Å². The van der Waals surface area contributed by atoms with E-state index in [1.54, 1.807) is 0 Å². The van der Waals surface area contributed by atoms with Crippen LogP contribution in [0.25, 0.3) is 0 Å². The summed E-state index contributed by atoms with van der Waals surface area (Å²) in [5, 5.41) is 5.96. The van der Waals surface area contributed by atoms with E-state index in [0.717, 1.165) is 40.7 Å². The number of rotatable bonds is 5. The number of hydrogen-bond acceptors (Lipinski definition) is 2. The van der Waals surface area contributed by atoms with E-state index in [1.807, 2.05) is 83.8 Å². The maximum atomic E-state index is 12.7. The quantitative estimate of drug-likeness (QED) is 0.474. The van der Waals surface area contributed by atoms with Gasteiger partial charge in [0.25, 0.3) is 5.91 Å². The number of urea groups is 1. The number of benzene rings is 3. The summed E-state index contributed by atoms with van der Waals surface area (Å²) in [7, 11) is 0. The number of nitrogens with zero attached hydrogens (tertiary/aromatic N) is 1. The number of carbonyl (C=O) groups excluding carboxylic acids is 2. The van der Waals surface area contributed by atoms with Crippen molar-refractivity contribution in [2.45, 2.75) is 25.3 Å². The third-order valence-electron chi connectivity index (χ3n) is 5.70. The van der Waals surface area contributed by atoms with Gasteiger partial charge >= 0.3 is 6.03 Å². The molecule has 1 aliphatic rings. The molecule has 4 rings (SSSR count). The van der Waals surface area contributed by atoms with Crippen molar-refractivity contribution in [1.29, 1.82) is 0 Å². The van der Waals surface area contributed by atoms with E-state index in [2.05, 4.69) is 26.6 Å². The molecule has 164 valence electrons. The number of likely N-dealkylation sites (tertiary alicyclic amines) is 1. The van der Waals surface area contributed by atoms with Gasteiger partial charge < -0.3 is 15.5 Å². The summed E-state index contributed by atoms with van der Waals surface area (Å²) in [6.07, 6.45) is 1.93. The summed E-state index contributed by atoms with van der Waals surface area (Å²) in [6.45, 7) is 1.85. The number of nitrogens with one attached hydrogen (secondary N) is 2. The molecule has 0 aromatic heterocycles. The van der Waals surface area contributed by atoms with Gasteiger partial charge in [-0.3, -0.25) is 4.79 Å². The van der Waals surface area contributed by atoms with Crippen LogP contribution in [0, 0.1) is 0 Å². The maximum Gasteiger partial charge on any atom is 0.321 e. The van der Waals surface area contributed by atoms with Crippen LogP contribution < -0.4 is 10.6 Å². The van der Waals surface area contributed by atoms with Gasteiger partial charge in [-0.25, -0.2) is 4.79 Å². The second kappa shape index (κ2) is 10.5. The lowest BCUT2D eigenvalue weighted by Crippen LogP contribution is -2.41. The number of anilines is 1. The van der Waals surface area contributed by atoms with E-state index in [0.29, 0.717) is 18.7 Å². The van der Waals surface area contributed by atoms with E-state index in [-0.39, 0.29) is 17.9 Å². The second-order valence-electron chi connectivity index (χ2n) is 8.02. The van der Waals surface area contributed by atoms with Crippen molar-refractivity contribution in [1.82, 2.24) is 10.2 Å². The van der Waals surface area contributed by atoms with Crippen molar-refractivity contribution >= 4 is 33.6 Å². The number of para-hydroxylation sites is 1. The fourth-order valence-electron chi connectivity index (χ4n) is 4.02. The topological polar surface area (TPSA) is 61.4 Å². The van der Waals surface area contributed by atoms with Crippen LogP contribution in [0.1, 0.15) is 40.2 Å². The van der Waals surface area contributed by atoms with E-state index in [9.17, 15) is 9.59 Å². The Morgan fingerprint density at radius 3 is 2.59 bits per heavy atom. The fourth-order valence-corrected chi connectivity index (χ4v) is 4.47. The molecule has 0 spiro atoms. The van der Waals surface area contributed by atoms with E-state index in [4.69, 9.17) is 0 Å². The monoisotopic (exact) mass is 491 g/mol. The highest BCUT2D eigenvalue weighted by atomic mass is 79.9. The minimum absolute atomic E-state index is 0.0798. The van der Waals surface area contributed by atoms with Gasteiger partial charge in [-0.15, -0.1) is 0 Å². The normalized spacial score (nSPS) is 15.8. The minimum atomic E-state index is -0.0960. The lowest BCUT2D eigenvalue weighted by molar-refractivity contribution is 0.0950. The first-order valence-corrected chi connectivity index (χ1v) is 11.6. The number of piperidine rings is 1. The molecular formula is C26H26BrN3O2. The first-order valence-electron chi connectivity index (χ1n) is 10.8. The highest BCUT2D eigenvalue weighted by Crippen LogP contribution is 2.28. The zero-order valence-corrected chi connectivity index (χ0v) is 19.3. The Morgan fingerprint density at radius 2 is 1.78 bits per heavy atom. The number of halogens is 1. The molecule has 0 bridgehead atoms. The van der Waals surface area contributed by atoms with Crippen LogP contribution in [0.4, 0.5) is 10.5 Å². The molecule has 3 aromatic carbocycles. The van der Waals surface area contributed by atoms with Gasteiger partial charge in [0.15, 0.2) is 0 Å². The fraction of sp³-hybridized carbons (Fsp3) is 0.231. The summed E-state index contributed by atoms with van der Waals surface area (Å²) in [4.78, 5) is 27.3. The Morgan fingerprint density at radius 1 is 0.969 bits per heavy atom. The van der Waals surface area contributed by atoms with E-state index in [1.165, 1.54) is 0 Å². The Bertz CT molecular complexity index is 1090. The zero-order chi connectivity index (χ0) is 22.3. The minimum Gasteiger partial charge on any atom is -0.348 e. The van der Waals surface area contributed by atoms with Crippen LogP contribution >= 0.6 is 15.9 Å². The molecule has 32 heavy (non-hydrogen) atoms. The molecule has 0 radical (unpaired) electrons. The highest BCUT2D eigenvalue weighted by Gasteiger charge is 2.25. The SMILES string of the molecule is O=C(NCc1cccc(Br)c1)c1cccc([C@@H]2CCCN(C(=O)Nc3ccccc3)C2)c1. The smallest absolute Gasteiger partial charge is 0.321 e. The third-order valence-corrected chi connectivity index (χ3v) is 6.19. The van der Waals surface area contributed by atoms with E-state index < -0.39 is 0 Å². The van der Waals surface area contributed by atoms with Crippen molar-refractivity contribution in [2.24, 2.45) is 0 Å². The molecule has 2 N–H and O–H groups in total. The molecule has 1 atom stereocenters. The van der Waals surface area contributed by atoms with Crippen LogP contribution in [0.15, 0.2) is 83.3 Å². The van der Waals surface area contributed by atoms with Gasteiger partial charge in [0.2, 0.25) is 0 Å². The Kier molecular flexibility index (Phi) is 7.22. The molecule has 3 amide bonds. The van der Waals surface area contributed by atoms with Crippen LogP contribution in [-0.4, -0.2) is 29.9 Å². The zero-order valence-electron chi connectivity index (χ0n) is 17.8. The molecule has 0 unspecified atom stereocenters. The molecule has 0 aliphatic carbocycles. The Hall–Kier alpha value is -3.12. The van der Waals surface area contributed by atoms with Crippen molar-refractivity contribution in [3.63, 3.8) is 0 Å². The summed E-state index contributed by atoms with van der Waals surface area (Å²) in [5.41, 5.74) is 3.57. The van der Waals surface area contributed by atoms with Crippen molar-refractivity contribution in [3.8, 4) is 0 Å². The molecule has 3 aromatic rings. The van der Waals surface area contributed by atoms with Crippen LogP contribution in [-0.2, 0) is 6.54 Å². The summed E-state index contributed by atoms with van der Waals surface area (Å²) in [6, 6.07) is 25.1. The third kappa shape index (κ3) is 5.77. The van der Waals surface area contributed by atoms with Crippen molar-refractivity contribution in [2.75, 3.05) is 18.4 Å². The molecular weight excluding hydrogens is 466 g/mol. The molecule has 0 saturated carbocycles. The highest BCUT2D eigenvalue weighted by molar-refractivity contribution is 9.10. The average molecular weight is 492 g/mol. The predicted molar refractivity (Wildman–Crippen MR) is 131 cm³/mol. The van der Waals surface area contributed by atoms with Crippen molar-refractivity contribution in [3.05, 3.63) is 100 Å². The van der Waals surface area contributed by atoms with Gasteiger partial charge in [0.05, 0.1) is 0 Å². The van der Waals surface area contributed by atoms with Gasteiger partial charge in [-0.05, 0) is 60.4 Å². The molecule has 1 heterocycles. The first-order chi connectivity index (χ1) is 15.6. The summed E-state index contributed by atoms with van der Waals surface area (Å²) >= 11 is 3.46. The van der Waals surface area contributed by atoms with Crippen LogP contribution in [0.2, 0.25) is 0 Å². The molecule has 1 saturated heterocycles. The second-order valence-corrected chi connectivity index (χ2v) is 8.94. The van der Waals surface area contributed by atoms with Crippen molar-refractivity contribution < 1.29 is 9.59 Å². The number of hydrogen-bond donors (Lipinski definition) is 2. The maximum absolute atomic E-state index is 12.7. The Balaban J connectivity index is 1.38. The predicted octanol–water partition coefficient (Wildman–Crippen LogP) is 5.79. The van der Waals surface area contributed by atoms with Gasteiger partial charge in [-0.2, -0.15) is 0 Å². The molecule has 1 fully saturated rings. The molecule has 6 heteroatoms. The van der Waals surface area contributed by atoms with E-state index >= 15 is 0 Å². The lowest BCUT2D eigenvalue weighted by Gasteiger charge is -2.33. The number of carbonyl (C=O) groups is 2. The summed E-state index contributed by atoms with van der Waals surface area (Å²) in [5.74, 6) is 0.115. The summed E-state index contributed by atoms with van der Waals surface area (Å²) < 4.78 is 0.990. The van der Waals surface area contributed by atoms with Crippen LogP contribution in [0.5, 0.6) is 0 Å². The molecule has 5 nitrogen and oxygen atoms in total. The van der Waals surface area contributed by atoms with Gasteiger partial charge in [0, 0.05) is 41.3 Å². The molecule has 1 aliphatic heterocycles. The van der Waals surface area contributed by atoms with Crippen LogP contribution in [0.3, 0.4) is 0 Å².